The second-order valence-corrected chi connectivity index (χ2v) is 4.57. The van der Waals surface area contributed by atoms with Crippen molar-refractivity contribution in [3.05, 3.63) is 28.2 Å². The number of carbonyl (C=O) groups is 1. The molecular weight excluding hydrogens is 294 g/mol. The molecule has 94 valence electrons. The van der Waals surface area contributed by atoms with Gasteiger partial charge in [-0.05, 0) is 35.0 Å². The van der Waals surface area contributed by atoms with E-state index in [9.17, 15) is 13.6 Å². The van der Waals surface area contributed by atoms with Gasteiger partial charge in [-0.15, -0.1) is 0 Å². The molecule has 0 aliphatic carbocycles. The first-order chi connectivity index (χ1) is 7.95. The van der Waals surface area contributed by atoms with Gasteiger partial charge in [0.2, 0.25) is 5.91 Å². The lowest BCUT2D eigenvalue weighted by Gasteiger charge is -2.13. The lowest BCUT2D eigenvalue weighted by molar-refractivity contribution is -0.119. The zero-order valence-corrected chi connectivity index (χ0v) is 10.9. The van der Waals surface area contributed by atoms with E-state index in [-0.39, 0.29) is 22.0 Å². The highest BCUT2D eigenvalue weighted by molar-refractivity contribution is 9.10. The molecule has 3 nitrogen and oxygen atoms in total. The minimum Gasteiger partial charge on any atom is -0.330 e. The summed E-state index contributed by atoms with van der Waals surface area (Å²) < 4.78 is 26.4. The monoisotopic (exact) mass is 306 g/mol. The van der Waals surface area contributed by atoms with Gasteiger partial charge in [0.25, 0.3) is 0 Å². The van der Waals surface area contributed by atoms with E-state index in [0.717, 1.165) is 6.07 Å². The largest absolute Gasteiger partial charge is 0.330 e. The highest BCUT2D eigenvalue weighted by Gasteiger charge is 2.16. The summed E-state index contributed by atoms with van der Waals surface area (Å²) in [5.74, 6) is -2.19. The lowest BCUT2D eigenvalue weighted by Crippen LogP contribution is -2.23. The molecular formula is C11H13BrF2N2O. The highest BCUT2D eigenvalue weighted by atomic mass is 79.9. The minimum atomic E-state index is -0.815. The number of hydrogen-bond donors (Lipinski definition) is 2. The van der Waals surface area contributed by atoms with Gasteiger partial charge in [0.15, 0.2) is 5.82 Å². The Morgan fingerprint density at radius 1 is 1.53 bits per heavy atom. The molecule has 0 radical (unpaired) electrons. The van der Waals surface area contributed by atoms with Gasteiger partial charge in [0, 0.05) is 16.5 Å². The molecule has 1 rings (SSSR count). The number of benzene rings is 1. The van der Waals surface area contributed by atoms with Crippen LogP contribution in [0.5, 0.6) is 0 Å². The average molecular weight is 307 g/mol. The minimum absolute atomic E-state index is 0.0553. The van der Waals surface area contributed by atoms with Crippen molar-refractivity contribution in [2.45, 2.75) is 13.3 Å². The van der Waals surface area contributed by atoms with Gasteiger partial charge >= 0.3 is 0 Å². The molecule has 1 atom stereocenters. The van der Waals surface area contributed by atoms with Crippen LogP contribution in [0.1, 0.15) is 13.3 Å². The predicted octanol–water partition coefficient (Wildman–Crippen LogP) is 2.65. The molecule has 0 aliphatic rings. The third-order valence-electron chi connectivity index (χ3n) is 2.30. The van der Waals surface area contributed by atoms with Crippen LogP contribution in [0.25, 0.3) is 0 Å². The van der Waals surface area contributed by atoms with Crippen LogP contribution in [0.4, 0.5) is 14.5 Å². The molecule has 3 N–H and O–H groups in total. The van der Waals surface area contributed by atoms with Crippen LogP contribution in [0, 0.1) is 17.6 Å². The molecule has 1 unspecified atom stereocenters. The van der Waals surface area contributed by atoms with Crippen LogP contribution in [0.3, 0.4) is 0 Å². The third kappa shape index (κ3) is 3.74. The Balaban J connectivity index is 2.85. The SMILES string of the molecule is CC(CCN)C(=O)Nc1c(F)cc(F)cc1Br. The Bertz CT molecular complexity index is 403. The van der Waals surface area contributed by atoms with Gasteiger partial charge in [-0.3, -0.25) is 4.79 Å². The summed E-state index contributed by atoms with van der Waals surface area (Å²) in [6, 6.07) is 1.81. The summed E-state index contributed by atoms with van der Waals surface area (Å²) >= 11 is 3.00. The van der Waals surface area contributed by atoms with Crippen molar-refractivity contribution in [2.75, 3.05) is 11.9 Å². The summed E-state index contributed by atoms with van der Waals surface area (Å²) in [6.45, 7) is 2.07. The van der Waals surface area contributed by atoms with Crippen molar-refractivity contribution in [3.63, 3.8) is 0 Å². The zero-order valence-electron chi connectivity index (χ0n) is 9.27. The molecule has 0 heterocycles. The number of nitrogens with two attached hydrogens (primary N) is 1. The number of halogens is 3. The first kappa shape index (κ1) is 14.1. The number of anilines is 1. The third-order valence-corrected chi connectivity index (χ3v) is 2.93. The highest BCUT2D eigenvalue weighted by Crippen LogP contribution is 2.27. The fraction of sp³-hybridized carbons (Fsp3) is 0.364. The topological polar surface area (TPSA) is 55.1 Å². The van der Waals surface area contributed by atoms with Crippen LogP contribution < -0.4 is 11.1 Å². The molecule has 1 aromatic carbocycles. The van der Waals surface area contributed by atoms with E-state index in [2.05, 4.69) is 21.2 Å². The Kier molecular flexibility index (Phi) is 5.02. The van der Waals surface area contributed by atoms with Crippen LogP contribution in [0.2, 0.25) is 0 Å². The van der Waals surface area contributed by atoms with Crippen molar-refractivity contribution in [1.29, 1.82) is 0 Å². The Morgan fingerprint density at radius 2 is 2.18 bits per heavy atom. The van der Waals surface area contributed by atoms with Crippen molar-refractivity contribution < 1.29 is 13.6 Å². The van der Waals surface area contributed by atoms with E-state index in [1.165, 1.54) is 0 Å². The molecule has 0 saturated heterocycles. The van der Waals surface area contributed by atoms with E-state index in [4.69, 9.17) is 5.73 Å². The molecule has 0 bridgehead atoms. The molecule has 1 amide bonds. The van der Waals surface area contributed by atoms with Gasteiger partial charge < -0.3 is 11.1 Å². The summed E-state index contributed by atoms with van der Waals surface area (Å²) in [7, 11) is 0. The van der Waals surface area contributed by atoms with E-state index in [0.29, 0.717) is 19.0 Å². The zero-order chi connectivity index (χ0) is 13.0. The van der Waals surface area contributed by atoms with Gasteiger partial charge in [-0.2, -0.15) is 0 Å². The molecule has 0 aliphatic heterocycles. The maximum absolute atomic E-state index is 13.4. The molecule has 6 heteroatoms. The lowest BCUT2D eigenvalue weighted by atomic mass is 10.1. The van der Waals surface area contributed by atoms with Crippen molar-refractivity contribution in [2.24, 2.45) is 11.7 Å². The van der Waals surface area contributed by atoms with Crippen LogP contribution in [-0.2, 0) is 4.79 Å². The van der Waals surface area contributed by atoms with Crippen molar-refractivity contribution >= 4 is 27.5 Å². The number of hydrogen-bond acceptors (Lipinski definition) is 2. The molecule has 1 aromatic rings. The van der Waals surface area contributed by atoms with Gasteiger partial charge in [-0.1, -0.05) is 6.92 Å². The summed E-state index contributed by atoms with van der Waals surface area (Å²) in [4.78, 5) is 11.6. The Labute approximate surface area is 107 Å². The quantitative estimate of drug-likeness (QED) is 0.898. The van der Waals surface area contributed by atoms with Crippen molar-refractivity contribution in [1.82, 2.24) is 0 Å². The van der Waals surface area contributed by atoms with E-state index < -0.39 is 11.6 Å². The number of rotatable bonds is 4. The molecule has 0 fully saturated rings. The fourth-order valence-electron chi connectivity index (χ4n) is 1.29. The maximum atomic E-state index is 13.4. The summed E-state index contributed by atoms with van der Waals surface area (Å²) in [5, 5.41) is 2.41. The van der Waals surface area contributed by atoms with E-state index >= 15 is 0 Å². The molecule has 17 heavy (non-hydrogen) atoms. The first-order valence-electron chi connectivity index (χ1n) is 5.11. The molecule has 0 spiro atoms. The van der Waals surface area contributed by atoms with Gasteiger partial charge in [-0.25, -0.2) is 8.78 Å². The summed E-state index contributed by atoms with van der Waals surface area (Å²) in [6.07, 6.45) is 0.506. The average Bonchev–Trinajstić information content (AvgIpc) is 2.23. The van der Waals surface area contributed by atoms with Crippen LogP contribution in [0.15, 0.2) is 16.6 Å². The second-order valence-electron chi connectivity index (χ2n) is 3.71. The second kappa shape index (κ2) is 6.07. The normalized spacial score (nSPS) is 12.3. The summed E-state index contributed by atoms with van der Waals surface area (Å²) in [5.41, 5.74) is 5.27. The van der Waals surface area contributed by atoms with E-state index in [1.807, 2.05) is 0 Å². The van der Waals surface area contributed by atoms with Crippen LogP contribution in [-0.4, -0.2) is 12.5 Å². The molecule has 0 saturated carbocycles. The van der Waals surface area contributed by atoms with Crippen molar-refractivity contribution in [3.8, 4) is 0 Å². The fourth-order valence-corrected chi connectivity index (χ4v) is 1.80. The Hall–Kier alpha value is -1.01. The Morgan fingerprint density at radius 3 is 2.71 bits per heavy atom. The molecule has 0 aromatic heterocycles. The number of amides is 1. The van der Waals surface area contributed by atoms with Gasteiger partial charge in [0.1, 0.15) is 5.82 Å². The standard InChI is InChI=1S/C11H13BrF2N2O/c1-6(2-3-15)11(17)16-10-8(12)4-7(13)5-9(10)14/h4-6H,2-3,15H2,1H3,(H,16,17). The van der Waals surface area contributed by atoms with Crippen LogP contribution >= 0.6 is 15.9 Å². The van der Waals surface area contributed by atoms with E-state index in [1.54, 1.807) is 6.92 Å². The maximum Gasteiger partial charge on any atom is 0.227 e. The number of carbonyl (C=O) groups excluding carboxylic acids is 1. The first-order valence-corrected chi connectivity index (χ1v) is 5.90. The predicted molar refractivity (Wildman–Crippen MR) is 65.5 cm³/mol. The smallest absolute Gasteiger partial charge is 0.227 e. The van der Waals surface area contributed by atoms with Gasteiger partial charge in [0.05, 0.1) is 5.69 Å². The number of nitrogens with one attached hydrogen (secondary N) is 1.